The summed E-state index contributed by atoms with van der Waals surface area (Å²) < 4.78 is 2.20. The summed E-state index contributed by atoms with van der Waals surface area (Å²) in [5.74, 6) is -1.19. The van der Waals surface area contributed by atoms with Crippen LogP contribution in [0.2, 0.25) is 0 Å². The molecule has 2 aromatic rings. The zero-order chi connectivity index (χ0) is 19.6. The molecule has 0 bridgehead atoms. The van der Waals surface area contributed by atoms with E-state index in [9.17, 15) is 9.59 Å². The molecule has 0 atom stereocenters. The summed E-state index contributed by atoms with van der Waals surface area (Å²) in [4.78, 5) is 25.5. The number of nitrogens with zero attached hydrogens (tertiary/aromatic N) is 3. The molecule has 6 nitrogen and oxygen atoms in total. The van der Waals surface area contributed by atoms with Gasteiger partial charge in [0, 0.05) is 30.0 Å². The van der Waals surface area contributed by atoms with Gasteiger partial charge < -0.3 is 9.47 Å². The van der Waals surface area contributed by atoms with Crippen molar-refractivity contribution in [2.24, 2.45) is 5.10 Å². The Kier molecular flexibility index (Phi) is 5.44. The first-order valence-electron chi connectivity index (χ1n) is 9.28. The molecule has 2 heterocycles. The summed E-state index contributed by atoms with van der Waals surface area (Å²) in [6.07, 6.45) is 3.50. The van der Waals surface area contributed by atoms with E-state index in [0.29, 0.717) is 13.1 Å². The predicted octanol–water partition coefficient (Wildman–Crippen LogP) is 2.78. The van der Waals surface area contributed by atoms with Gasteiger partial charge >= 0.3 is 11.8 Å². The summed E-state index contributed by atoms with van der Waals surface area (Å²) in [6, 6.07) is 8.27. The van der Waals surface area contributed by atoms with Crippen LogP contribution in [0.25, 0.3) is 5.69 Å². The lowest BCUT2D eigenvalue weighted by Gasteiger charge is -2.15. The highest BCUT2D eigenvalue weighted by molar-refractivity contribution is 6.35. The van der Waals surface area contributed by atoms with E-state index in [1.54, 1.807) is 11.1 Å². The lowest BCUT2D eigenvalue weighted by atomic mass is 10.1. The van der Waals surface area contributed by atoms with Gasteiger partial charge in [-0.1, -0.05) is 18.2 Å². The second kappa shape index (κ2) is 7.78. The van der Waals surface area contributed by atoms with E-state index in [0.717, 1.165) is 29.8 Å². The standard InChI is InChI=1S/C21H26N4O2/c1-14-8-7-9-15(2)19(14)25-16(3)12-18(17(25)4)13-22-23-20(26)21(27)24-10-5-6-11-24/h7-9,12-13H,5-6,10-11H2,1-4H3,(H,23,26)/b22-13-. The third-order valence-electron chi connectivity index (χ3n) is 5.09. The number of carbonyl (C=O) groups is 2. The number of hydrogen-bond acceptors (Lipinski definition) is 3. The minimum Gasteiger partial charge on any atom is -0.334 e. The van der Waals surface area contributed by atoms with Gasteiger partial charge in [-0.2, -0.15) is 5.10 Å². The zero-order valence-corrected chi connectivity index (χ0v) is 16.4. The molecule has 1 aliphatic rings. The number of rotatable bonds is 3. The average Bonchev–Trinajstić information content (AvgIpc) is 3.25. The molecule has 27 heavy (non-hydrogen) atoms. The molecular weight excluding hydrogens is 340 g/mol. The zero-order valence-electron chi connectivity index (χ0n) is 16.4. The number of hydrogen-bond donors (Lipinski definition) is 1. The largest absolute Gasteiger partial charge is 0.334 e. The molecule has 1 aromatic carbocycles. The summed E-state index contributed by atoms with van der Waals surface area (Å²) in [5.41, 5.74) is 8.95. The number of hydrazone groups is 1. The Bertz CT molecular complexity index is 885. The maximum Gasteiger partial charge on any atom is 0.329 e. The first kappa shape index (κ1) is 18.9. The molecular formula is C21H26N4O2. The second-order valence-electron chi connectivity index (χ2n) is 7.10. The van der Waals surface area contributed by atoms with Crippen LogP contribution in [0.4, 0.5) is 0 Å². The van der Waals surface area contributed by atoms with Gasteiger partial charge in [0.1, 0.15) is 0 Å². The highest BCUT2D eigenvalue weighted by Crippen LogP contribution is 2.25. The fourth-order valence-corrected chi connectivity index (χ4v) is 3.69. The SMILES string of the molecule is Cc1cccc(C)c1-n1c(C)cc(/C=N\NC(=O)C(=O)N2CCCC2)c1C. The molecule has 1 N–H and O–H groups in total. The fraction of sp³-hybridized carbons (Fsp3) is 0.381. The van der Waals surface area contributed by atoms with Crippen LogP contribution in [-0.4, -0.2) is 40.6 Å². The first-order valence-corrected chi connectivity index (χ1v) is 9.28. The topological polar surface area (TPSA) is 66.7 Å². The number of aryl methyl sites for hydroxylation is 3. The third-order valence-corrected chi connectivity index (χ3v) is 5.09. The van der Waals surface area contributed by atoms with Gasteiger partial charge in [0.2, 0.25) is 0 Å². The van der Waals surface area contributed by atoms with Crippen molar-refractivity contribution in [2.45, 2.75) is 40.5 Å². The van der Waals surface area contributed by atoms with Crippen molar-refractivity contribution in [1.29, 1.82) is 0 Å². The molecule has 3 rings (SSSR count). The Balaban J connectivity index is 1.78. The van der Waals surface area contributed by atoms with Crippen LogP contribution in [0.15, 0.2) is 29.4 Å². The Morgan fingerprint density at radius 2 is 1.70 bits per heavy atom. The molecule has 0 aliphatic carbocycles. The van der Waals surface area contributed by atoms with Crippen molar-refractivity contribution in [3.8, 4) is 5.69 Å². The Morgan fingerprint density at radius 1 is 1.07 bits per heavy atom. The van der Waals surface area contributed by atoms with Crippen molar-refractivity contribution in [1.82, 2.24) is 14.9 Å². The maximum atomic E-state index is 12.0. The van der Waals surface area contributed by atoms with Crippen molar-refractivity contribution in [3.63, 3.8) is 0 Å². The van der Waals surface area contributed by atoms with Crippen LogP contribution in [-0.2, 0) is 9.59 Å². The predicted molar refractivity (Wildman–Crippen MR) is 106 cm³/mol. The second-order valence-corrected chi connectivity index (χ2v) is 7.10. The van der Waals surface area contributed by atoms with Crippen molar-refractivity contribution in [2.75, 3.05) is 13.1 Å². The molecule has 1 fully saturated rings. The Hall–Kier alpha value is -2.89. The average molecular weight is 366 g/mol. The molecule has 1 aliphatic heterocycles. The number of amides is 2. The maximum absolute atomic E-state index is 12.0. The van der Waals surface area contributed by atoms with E-state index in [1.807, 2.05) is 19.9 Å². The molecule has 0 saturated carbocycles. The fourth-order valence-electron chi connectivity index (χ4n) is 3.69. The normalized spacial score (nSPS) is 14.1. The van der Waals surface area contributed by atoms with Gasteiger partial charge in [-0.15, -0.1) is 0 Å². The van der Waals surface area contributed by atoms with Gasteiger partial charge in [-0.05, 0) is 57.7 Å². The molecule has 142 valence electrons. The van der Waals surface area contributed by atoms with Crippen molar-refractivity contribution >= 4 is 18.0 Å². The first-order chi connectivity index (χ1) is 12.9. The highest BCUT2D eigenvalue weighted by Gasteiger charge is 2.24. The van der Waals surface area contributed by atoms with E-state index in [2.05, 4.69) is 47.1 Å². The monoisotopic (exact) mass is 366 g/mol. The van der Waals surface area contributed by atoms with Crippen LogP contribution < -0.4 is 5.43 Å². The summed E-state index contributed by atoms with van der Waals surface area (Å²) in [5, 5.41) is 4.00. The summed E-state index contributed by atoms with van der Waals surface area (Å²) >= 11 is 0. The summed E-state index contributed by atoms with van der Waals surface area (Å²) in [6.45, 7) is 9.56. The highest BCUT2D eigenvalue weighted by atomic mass is 16.2. The van der Waals surface area contributed by atoms with Gasteiger partial charge in [-0.25, -0.2) is 5.43 Å². The quantitative estimate of drug-likeness (QED) is 0.516. The number of para-hydroxylation sites is 1. The van der Waals surface area contributed by atoms with Crippen LogP contribution in [0.1, 0.15) is 40.9 Å². The summed E-state index contributed by atoms with van der Waals surface area (Å²) in [7, 11) is 0. The van der Waals surface area contributed by atoms with Crippen LogP contribution in [0.5, 0.6) is 0 Å². The van der Waals surface area contributed by atoms with Gasteiger partial charge in [0.15, 0.2) is 0 Å². The van der Waals surface area contributed by atoms with Crippen LogP contribution in [0, 0.1) is 27.7 Å². The molecule has 1 saturated heterocycles. The van der Waals surface area contributed by atoms with E-state index >= 15 is 0 Å². The van der Waals surface area contributed by atoms with Crippen LogP contribution >= 0.6 is 0 Å². The molecule has 1 aromatic heterocycles. The van der Waals surface area contributed by atoms with Crippen molar-refractivity contribution in [3.05, 3.63) is 52.3 Å². The van der Waals surface area contributed by atoms with E-state index in [1.165, 1.54) is 16.8 Å². The van der Waals surface area contributed by atoms with E-state index in [4.69, 9.17) is 0 Å². The molecule has 2 amide bonds. The smallest absolute Gasteiger partial charge is 0.329 e. The number of likely N-dealkylation sites (tertiary alicyclic amines) is 1. The number of nitrogens with one attached hydrogen (secondary N) is 1. The number of aromatic nitrogens is 1. The molecule has 6 heteroatoms. The number of benzene rings is 1. The van der Waals surface area contributed by atoms with Crippen molar-refractivity contribution < 1.29 is 9.59 Å². The van der Waals surface area contributed by atoms with Crippen LogP contribution in [0.3, 0.4) is 0 Å². The Labute approximate surface area is 159 Å². The van der Waals surface area contributed by atoms with Gasteiger partial charge in [0.25, 0.3) is 0 Å². The molecule has 0 radical (unpaired) electrons. The molecule has 0 unspecified atom stereocenters. The van der Waals surface area contributed by atoms with Gasteiger partial charge in [0.05, 0.1) is 11.9 Å². The minimum atomic E-state index is -0.684. The lowest BCUT2D eigenvalue weighted by molar-refractivity contribution is -0.145. The Morgan fingerprint density at radius 3 is 2.33 bits per heavy atom. The van der Waals surface area contributed by atoms with Gasteiger partial charge in [-0.3, -0.25) is 9.59 Å². The number of carbonyl (C=O) groups excluding carboxylic acids is 2. The molecule has 0 spiro atoms. The van der Waals surface area contributed by atoms with E-state index in [-0.39, 0.29) is 0 Å². The van der Waals surface area contributed by atoms with E-state index < -0.39 is 11.8 Å². The lowest BCUT2D eigenvalue weighted by Crippen LogP contribution is -2.39. The third kappa shape index (κ3) is 3.79. The minimum absolute atomic E-state index is 0.509.